The van der Waals surface area contributed by atoms with Crippen LogP contribution in [-0.2, 0) is 22.6 Å². The number of anilines is 1. The number of ether oxygens (including phenoxy) is 3. The number of carbonyl (C=O) groups is 1. The number of nitrogens with zero attached hydrogens (tertiary/aromatic N) is 3. The first-order chi connectivity index (χ1) is 15.2. The van der Waals surface area contributed by atoms with Gasteiger partial charge in [-0.2, -0.15) is 0 Å². The second kappa shape index (κ2) is 9.80. The largest absolute Gasteiger partial charge is 0.497 e. The molecule has 8 nitrogen and oxygen atoms in total. The molecule has 0 unspecified atom stereocenters. The van der Waals surface area contributed by atoms with Gasteiger partial charge in [0.25, 0.3) is 5.91 Å². The van der Waals surface area contributed by atoms with E-state index >= 15 is 0 Å². The van der Waals surface area contributed by atoms with Crippen LogP contribution in [0, 0.1) is 0 Å². The average molecular weight is 425 g/mol. The van der Waals surface area contributed by atoms with Gasteiger partial charge in [0.15, 0.2) is 6.61 Å². The van der Waals surface area contributed by atoms with Crippen LogP contribution in [0.5, 0.6) is 11.5 Å². The first-order valence-corrected chi connectivity index (χ1v) is 10.5. The standard InChI is InChI=1S/C23H28N4O4/c1-3-27-21-9-4-17(14-20(21)25-22(27)15-26-10-12-30-13-11-26)24-23(28)16-31-19-7-5-18(29-2)6-8-19/h4-9,14H,3,10-13,15-16H2,1-2H3,(H,24,28). The van der Waals surface area contributed by atoms with E-state index in [0.717, 1.165) is 62.0 Å². The van der Waals surface area contributed by atoms with E-state index in [1.54, 1.807) is 31.4 Å². The summed E-state index contributed by atoms with van der Waals surface area (Å²) >= 11 is 0. The van der Waals surface area contributed by atoms with Crippen LogP contribution >= 0.6 is 0 Å². The highest BCUT2D eigenvalue weighted by Gasteiger charge is 2.16. The van der Waals surface area contributed by atoms with Crippen molar-refractivity contribution in [2.24, 2.45) is 0 Å². The molecule has 0 spiro atoms. The molecule has 1 fully saturated rings. The number of imidazole rings is 1. The van der Waals surface area contributed by atoms with E-state index in [9.17, 15) is 4.79 Å². The summed E-state index contributed by atoms with van der Waals surface area (Å²) in [6.07, 6.45) is 0. The molecule has 4 rings (SSSR count). The highest BCUT2D eigenvalue weighted by molar-refractivity contribution is 5.94. The van der Waals surface area contributed by atoms with Crippen LogP contribution in [0.2, 0.25) is 0 Å². The number of benzene rings is 2. The minimum Gasteiger partial charge on any atom is -0.497 e. The first-order valence-electron chi connectivity index (χ1n) is 10.5. The van der Waals surface area contributed by atoms with Crippen molar-refractivity contribution < 1.29 is 19.0 Å². The molecular formula is C23H28N4O4. The average Bonchev–Trinajstić information content (AvgIpc) is 3.14. The molecule has 0 aliphatic carbocycles. The number of amides is 1. The Balaban J connectivity index is 1.41. The van der Waals surface area contributed by atoms with Crippen molar-refractivity contribution in [2.75, 3.05) is 45.3 Å². The Labute approximate surface area is 181 Å². The van der Waals surface area contributed by atoms with Gasteiger partial charge in [0, 0.05) is 25.3 Å². The summed E-state index contributed by atoms with van der Waals surface area (Å²) in [5.41, 5.74) is 2.65. The first kappa shape index (κ1) is 21.1. The molecule has 1 aromatic heterocycles. The molecule has 3 aromatic rings. The summed E-state index contributed by atoms with van der Waals surface area (Å²) in [4.78, 5) is 19.5. The van der Waals surface area contributed by atoms with E-state index in [4.69, 9.17) is 19.2 Å². The van der Waals surface area contributed by atoms with Crippen molar-refractivity contribution in [3.05, 3.63) is 48.3 Å². The lowest BCUT2D eigenvalue weighted by Gasteiger charge is -2.26. The molecule has 1 aliphatic heterocycles. The number of methoxy groups -OCH3 is 1. The Morgan fingerprint density at radius 3 is 2.58 bits per heavy atom. The monoisotopic (exact) mass is 424 g/mol. The van der Waals surface area contributed by atoms with Gasteiger partial charge in [-0.3, -0.25) is 9.69 Å². The van der Waals surface area contributed by atoms with Crippen LogP contribution in [0.15, 0.2) is 42.5 Å². The number of hydrogen-bond acceptors (Lipinski definition) is 6. The summed E-state index contributed by atoms with van der Waals surface area (Å²) in [7, 11) is 1.61. The predicted octanol–water partition coefficient (Wildman–Crippen LogP) is 2.91. The number of fused-ring (bicyclic) bond motifs is 1. The molecular weight excluding hydrogens is 396 g/mol. The van der Waals surface area contributed by atoms with E-state index in [1.807, 2.05) is 18.2 Å². The van der Waals surface area contributed by atoms with Crippen molar-refractivity contribution in [1.29, 1.82) is 0 Å². The smallest absolute Gasteiger partial charge is 0.262 e. The molecule has 1 amide bonds. The van der Waals surface area contributed by atoms with E-state index < -0.39 is 0 Å². The van der Waals surface area contributed by atoms with Crippen molar-refractivity contribution in [1.82, 2.24) is 14.5 Å². The quantitative estimate of drug-likeness (QED) is 0.599. The number of hydrogen-bond donors (Lipinski definition) is 1. The van der Waals surface area contributed by atoms with Gasteiger partial charge in [0.05, 0.1) is 37.9 Å². The van der Waals surface area contributed by atoms with Crippen molar-refractivity contribution >= 4 is 22.6 Å². The Kier molecular flexibility index (Phi) is 6.69. The summed E-state index contributed by atoms with van der Waals surface area (Å²) in [6, 6.07) is 12.9. The molecule has 0 bridgehead atoms. The number of nitrogens with one attached hydrogen (secondary N) is 1. The molecule has 2 aromatic carbocycles. The molecule has 164 valence electrons. The summed E-state index contributed by atoms with van der Waals surface area (Å²) in [6.45, 7) is 7.06. The van der Waals surface area contributed by atoms with Crippen molar-refractivity contribution in [2.45, 2.75) is 20.0 Å². The summed E-state index contributed by atoms with van der Waals surface area (Å²) in [5, 5.41) is 2.89. The lowest BCUT2D eigenvalue weighted by atomic mass is 10.2. The molecule has 2 heterocycles. The van der Waals surface area contributed by atoms with Gasteiger partial charge < -0.3 is 24.1 Å². The maximum absolute atomic E-state index is 12.3. The third-order valence-electron chi connectivity index (χ3n) is 5.33. The fraction of sp³-hybridized carbons (Fsp3) is 0.391. The molecule has 0 radical (unpaired) electrons. The third kappa shape index (κ3) is 5.15. The maximum atomic E-state index is 12.3. The fourth-order valence-corrected chi connectivity index (χ4v) is 3.71. The lowest BCUT2D eigenvalue weighted by Crippen LogP contribution is -2.36. The van der Waals surface area contributed by atoms with Crippen LogP contribution in [-0.4, -0.2) is 60.4 Å². The lowest BCUT2D eigenvalue weighted by molar-refractivity contribution is -0.118. The zero-order valence-electron chi connectivity index (χ0n) is 18.0. The van der Waals surface area contributed by atoms with Crippen molar-refractivity contribution in [3.63, 3.8) is 0 Å². The van der Waals surface area contributed by atoms with Gasteiger partial charge in [0.1, 0.15) is 17.3 Å². The highest BCUT2D eigenvalue weighted by Crippen LogP contribution is 2.22. The second-order valence-corrected chi connectivity index (χ2v) is 7.38. The maximum Gasteiger partial charge on any atom is 0.262 e. The molecule has 1 N–H and O–H groups in total. The van der Waals surface area contributed by atoms with Gasteiger partial charge in [-0.15, -0.1) is 0 Å². The van der Waals surface area contributed by atoms with Crippen molar-refractivity contribution in [3.8, 4) is 11.5 Å². The molecule has 0 atom stereocenters. The van der Waals surface area contributed by atoms with Crippen LogP contribution < -0.4 is 14.8 Å². The van der Waals surface area contributed by atoms with E-state index in [0.29, 0.717) is 11.4 Å². The van der Waals surface area contributed by atoms with Crippen LogP contribution in [0.4, 0.5) is 5.69 Å². The van der Waals surface area contributed by atoms with Crippen LogP contribution in [0.25, 0.3) is 11.0 Å². The van der Waals surface area contributed by atoms with Crippen LogP contribution in [0.1, 0.15) is 12.7 Å². The Bertz CT molecular complexity index is 1030. The Morgan fingerprint density at radius 1 is 1.13 bits per heavy atom. The number of morpholine rings is 1. The zero-order chi connectivity index (χ0) is 21.6. The fourth-order valence-electron chi connectivity index (χ4n) is 3.71. The normalized spacial score (nSPS) is 14.5. The second-order valence-electron chi connectivity index (χ2n) is 7.38. The Morgan fingerprint density at radius 2 is 1.87 bits per heavy atom. The van der Waals surface area contributed by atoms with Gasteiger partial charge >= 0.3 is 0 Å². The highest BCUT2D eigenvalue weighted by atomic mass is 16.5. The molecule has 31 heavy (non-hydrogen) atoms. The minimum absolute atomic E-state index is 0.0734. The summed E-state index contributed by atoms with van der Waals surface area (Å²) in [5.74, 6) is 2.16. The van der Waals surface area contributed by atoms with E-state index in [1.165, 1.54) is 0 Å². The van der Waals surface area contributed by atoms with Gasteiger partial charge in [-0.1, -0.05) is 0 Å². The van der Waals surface area contributed by atoms with Gasteiger partial charge in [0.2, 0.25) is 0 Å². The molecule has 1 saturated heterocycles. The number of aryl methyl sites for hydroxylation is 1. The van der Waals surface area contributed by atoms with Crippen LogP contribution in [0.3, 0.4) is 0 Å². The predicted molar refractivity (Wildman–Crippen MR) is 119 cm³/mol. The van der Waals surface area contributed by atoms with E-state index in [-0.39, 0.29) is 12.5 Å². The topological polar surface area (TPSA) is 77.9 Å². The SMILES string of the molecule is CCn1c(CN2CCOCC2)nc2cc(NC(=O)COc3ccc(OC)cc3)ccc21. The number of carbonyl (C=O) groups excluding carboxylic acids is 1. The van der Waals surface area contributed by atoms with Gasteiger partial charge in [-0.25, -0.2) is 4.98 Å². The molecule has 1 aliphatic rings. The molecule has 0 saturated carbocycles. The zero-order valence-corrected chi connectivity index (χ0v) is 18.0. The molecule has 8 heteroatoms. The summed E-state index contributed by atoms with van der Waals surface area (Å²) < 4.78 is 18.3. The van der Waals surface area contributed by atoms with Gasteiger partial charge in [-0.05, 0) is 49.4 Å². The van der Waals surface area contributed by atoms with E-state index in [2.05, 4.69) is 21.7 Å². The third-order valence-corrected chi connectivity index (χ3v) is 5.33. The number of aromatic nitrogens is 2. The Hall–Kier alpha value is -3.10. The number of rotatable bonds is 8. The minimum atomic E-state index is -0.223.